The van der Waals surface area contributed by atoms with Crippen LogP contribution in [0.25, 0.3) is 11.1 Å². The number of hydrogen-bond acceptors (Lipinski definition) is 5. The molecule has 1 aliphatic carbocycles. The van der Waals surface area contributed by atoms with E-state index in [9.17, 15) is 4.79 Å². The molecule has 1 saturated carbocycles. The maximum absolute atomic E-state index is 12.9. The number of primary amides is 1. The molecule has 3 atom stereocenters. The molecule has 1 aromatic carbocycles. The number of methoxy groups -OCH3 is 1. The fourth-order valence-electron chi connectivity index (χ4n) is 5.82. The van der Waals surface area contributed by atoms with Gasteiger partial charge in [0.25, 0.3) is 6.01 Å². The summed E-state index contributed by atoms with van der Waals surface area (Å²) in [5.41, 5.74) is 6.80. The molecule has 3 unspecified atom stereocenters. The second kappa shape index (κ2) is 8.48. The minimum Gasteiger partial charge on any atom is -0.497 e. The average molecular weight is 414 g/mol. The van der Waals surface area contributed by atoms with Gasteiger partial charge in [-0.25, -0.2) is 0 Å². The largest absolute Gasteiger partial charge is 0.497 e. The van der Waals surface area contributed by atoms with Crippen LogP contribution in [0.2, 0.25) is 0 Å². The molecule has 6 nitrogen and oxygen atoms in total. The van der Waals surface area contributed by atoms with Gasteiger partial charge >= 0.3 is 0 Å². The topological polar surface area (TPSA) is 81.6 Å². The monoisotopic (exact) mass is 413 g/mol. The third-order valence-corrected chi connectivity index (χ3v) is 7.68. The third-order valence-electron chi connectivity index (χ3n) is 7.68. The zero-order valence-corrected chi connectivity index (χ0v) is 18.5. The molecule has 1 aromatic heterocycles. The summed E-state index contributed by atoms with van der Waals surface area (Å²) in [6.45, 7) is 5.47. The molecule has 30 heavy (non-hydrogen) atoms. The lowest BCUT2D eigenvalue weighted by atomic mass is 9.69. The minimum absolute atomic E-state index is 0.252. The summed E-state index contributed by atoms with van der Waals surface area (Å²) in [5, 5.41) is 0. The van der Waals surface area contributed by atoms with Gasteiger partial charge in [-0.1, -0.05) is 33.1 Å². The number of rotatable bonds is 6. The number of nitrogens with two attached hydrogens (primary N) is 1. The zero-order chi connectivity index (χ0) is 21.3. The predicted molar refractivity (Wildman–Crippen MR) is 119 cm³/mol. The number of benzene rings is 1. The third kappa shape index (κ3) is 3.77. The summed E-state index contributed by atoms with van der Waals surface area (Å²) in [6.07, 6.45) is 8.46. The van der Waals surface area contributed by atoms with Crippen LogP contribution in [0.5, 0.6) is 5.75 Å². The molecule has 6 heteroatoms. The molecule has 0 spiro atoms. The van der Waals surface area contributed by atoms with E-state index >= 15 is 0 Å². The number of aromatic nitrogens is 1. The average Bonchev–Trinajstić information content (AvgIpc) is 3.16. The highest BCUT2D eigenvalue weighted by Gasteiger charge is 2.47. The number of anilines is 1. The van der Waals surface area contributed by atoms with Crippen LogP contribution in [-0.4, -0.2) is 30.1 Å². The van der Waals surface area contributed by atoms with Crippen molar-refractivity contribution in [2.24, 2.45) is 23.5 Å². The van der Waals surface area contributed by atoms with Crippen LogP contribution in [0.3, 0.4) is 0 Å². The van der Waals surface area contributed by atoms with E-state index in [0.717, 1.165) is 49.9 Å². The highest BCUT2D eigenvalue weighted by atomic mass is 16.5. The number of hydrogen-bond donors (Lipinski definition) is 1. The predicted octanol–water partition coefficient (Wildman–Crippen LogP) is 4.90. The molecular formula is C24H35N3O3. The van der Waals surface area contributed by atoms with E-state index in [2.05, 4.69) is 18.7 Å². The Bertz CT molecular complexity index is 885. The van der Waals surface area contributed by atoms with Gasteiger partial charge in [-0.3, -0.25) is 4.79 Å². The smallest absolute Gasteiger partial charge is 0.299 e. The van der Waals surface area contributed by atoms with Crippen LogP contribution in [0.4, 0.5) is 6.01 Å². The van der Waals surface area contributed by atoms with Gasteiger partial charge in [-0.2, -0.15) is 4.98 Å². The summed E-state index contributed by atoms with van der Waals surface area (Å²) in [6, 6.07) is 6.09. The lowest BCUT2D eigenvalue weighted by Gasteiger charge is -2.46. The molecule has 1 aliphatic heterocycles. The Kier molecular flexibility index (Phi) is 5.94. The van der Waals surface area contributed by atoms with Crippen molar-refractivity contribution < 1.29 is 13.9 Å². The van der Waals surface area contributed by atoms with Crippen molar-refractivity contribution in [1.29, 1.82) is 0 Å². The molecule has 2 aliphatic rings. The van der Waals surface area contributed by atoms with Crippen LogP contribution < -0.4 is 15.4 Å². The number of ether oxygens (including phenoxy) is 1. The molecule has 2 aromatic rings. The van der Waals surface area contributed by atoms with Gasteiger partial charge in [0.15, 0.2) is 5.58 Å². The number of carbonyl (C=O) groups excluding carboxylic acids is 1. The Hall–Kier alpha value is -2.24. The van der Waals surface area contributed by atoms with Gasteiger partial charge in [0.1, 0.15) is 16.8 Å². The second-order valence-electron chi connectivity index (χ2n) is 9.42. The summed E-state index contributed by atoms with van der Waals surface area (Å²) in [7, 11) is 1.64. The van der Waals surface area contributed by atoms with Crippen LogP contribution >= 0.6 is 0 Å². The highest BCUT2D eigenvalue weighted by molar-refractivity contribution is 5.89. The first kappa shape index (κ1) is 21.0. The van der Waals surface area contributed by atoms with Gasteiger partial charge in [-0.15, -0.1) is 0 Å². The molecule has 1 amide bonds. The Labute approximate surface area is 179 Å². The second-order valence-corrected chi connectivity index (χ2v) is 9.42. The SMILES string of the molecule is COc1ccc2oc(N3CCCCC3(CCC3C(C)CCCC3C)C(N)=O)nc2c1. The van der Waals surface area contributed by atoms with E-state index < -0.39 is 5.54 Å². The highest BCUT2D eigenvalue weighted by Crippen LogP contribution is 2.42. The summed E-state index contributed by atoms with van der Waals surface area (Å²) < 4.78 is 11.4. The van der Waals surface area contributed by atoms with E-state index in [1.807, 2.05) is 18.2 Å². The van der Waals surface area contributed by atoms with Gasteiger partial charge in [0, 0.05) is 12.6 Å². The van der Waals surface area contributed by atoms with Crippen molar-refractivity contribution in [3.63, 3.8) is 0 Å². The Morgan fingerprint density at radius 1 is 1.27 bits per heavy atom. The lowest BCUT2D eigenvalue weighted by Crippen LogP contribution is -2.60. The van der Waals surface area contributed by atoms with Crippen LogP contribution in [0, 0.1) is 17.8 Å². The standard InChI is InChI=1S/C24H35N3O3/c1-16-7-6-8-17(2)19(16)11-13-24(22(25)28)12-4-5-14-27(24)23-26-20-15-18(29-3)9-10-21(20)30-23/h9-10,15-17,19H,4-8,11-14H2,1-3H3,(H2,25,28). The molecule has 2 heterocycles. The number of piperidine rings is 1. The molecule has 0 radical (unpaired) electrons. The van der Waals surface area contributed by atoms with E-state index in [-0.39, 0.29) is 5.91 Å². The van der Waals surface area contributed by atoms with Crippen molar-refractivity contribution in [1.82, 2.24) is 4.98 Å². The van der Waals surface area contributed by atoms with E-state index in [4.69, 9.17) is 19.9 Å². The first-order valence-electron chi connectivity index (χ1n) is 11.5. The number of fused-ring (bicyclic) bond motifs is 1. The first-order chi connectivity index (χ1) is 14.4. The quantitative estimate of drug-likeness (QED) is 0.728. The maximum Gasteiger partial charge on any atom is 0.299 e. The summed E-state index contributed by atoms with van der Waals surface area (Å²) in [4.78, 5) is 19.7. The first-order valence-corrected chi connectivity index (χ1v) is 11.5. The molecule has 2 N–H and O–H groups in total. The van der Waals surface area contributed by atoms with Gasteiger partial charge in [-0.05, 0) is 62.0 Å². The Morgan fingerprint density at radius 3 is 2.73 bits per heavy atom. The molecule has 2 fully saturated rings. The van der Waals surface area contributed by atoms with E-state index in [1.165, 1.54) is 19.3 Å². The van der Waals surface area contributed by atoms with E-state index in [0.29, 0.717) is 29.4 Å². The van der Waals surface area contributed by atoms with Crippen molar-refractivity contribution in [3.05, 3.63) is 18.2 Å². The lowest BCUT2D eigenvalue weighted by molar-refractivity contribution is -0.124. The van der Waals surface area contributed by atoms with Crippen LogP contribution in [-0.2, 0) is 4.79 Å². The van der Waals surface area contributed by atoms with Gasteiger partial charge in [0.05, 0.1) is 7.11 Å². The van der Waals surface area contributed by atoms with Crippen molar-refractivity contribution in [3.8, 4) is 5.75 Å². The summed E-state index contributed by atoms with van der Waals surface area (Å²) in [5.74, 6) is 2.53. The van der Waals surface area contributed by atoms with Crippen molar-refractivity contribution in [2.45, 2.75) is 70.8 Å². The van der Waals surface area contributed by atoms with Crippen molar-refractivity contribution in [2.75, 3.05) is 18.6 Å². The van der Waals surface area contributed by atoms with Crippen LogP contribution in [0.15, 0.2) is 22.6 Å². The van der Waals surface area contributed by atoms with Crippen LogP contribution in [0.1, 0.15) is 65.2 Å². The van der Waals surface area contributed by atoms with Gasteiger partial charge < -0.3 is 19.8 Å². The molecule has 4 rings (SSSR count). The molecule has 164 valence electrons. The minimum atomic E-state index is -0.722. The number of nitrogens with zero attached hydrogens (tertiary/aromatic N) is 2. The van der Waals surface area contributed by atoms with Crippen molar-refractivity contribution >= 4 is 23.0 Å². The number of oxazole rings is 1. The normalized spacial score (nSPS) is 29.8. The Morgan fingerprint density at radius 2 is 2.03 bits per heavy atom. The summed E-state index contributed by atoms with van der Waals surface area (Å²) >= 11 is 0. The zero-order valence-electron chi connectivity index (χ0n) is 18.5. The fraction of sp³-hybridized carbons (Fsp3) is 0.667. The number of carbonyl (C=O) groups is 1. The molecular weight excluding hydrogens is 378 g/mol. The van der Waals surface area contributed by atoms with E-state index in [1.54, 1.807) is 7.11 Å². The fourth-order valence-corrected chi connectivity index (χ4v) is 5.82. The molecule has 0 bridgehead atoms. The number of amides is 1. The maximum atomic E-state index is 12.9. The van der Waals surface area contributed by atoms with Gasteiger partial charge in [0.2, 0.25) is 5.91 Å². The Balaban J connectivity index is 1.64. The molecule has 1 saturated heterocycles.